The number of nitrogens with one attached hydrogen (secondary N) is 1. The maximum absolute atomic E-state index is 13.0. The van der Waals surface area contributed by atoms with Gasteiger partial charge in [0.25, 0.3) is 0 Å². The quantitative estimate of drug-likeness (QED) is 0.453. The van der Waals surface area contributed by atoms with Crippen LogP contribution >= 0.6 is 11.6 Å². The first-order chi connectivity index (χ1) is 13.4. The maximum Gasteiger partial charge on any atom is 0.434 e. The number of aromatic nitrogens is 4. The standard InChI is InChI=1S/C17H12ClF6N5/c1-29-8-12(17(22,23)24)27-14(29)10-4-2-9(3-5-10)6-25-13-11(16(19,20)21)7-26-15(18)28-13/h2-5,7-8H,6H2,1H3,(H,25,26,28). The minimum Gasteiger partial charge on any atom is -0.365 e. The highest BCUT2D eigenvalue weighted by molar-refractivity contribution is 6.28. The molecular formula is C17H12ClF6N5. The first kappa shape index (κ1) is 20.9. The fourth-order valence-corrected chi connectivity index (χ4v) is 2.66. The molecule has 2 aromatic heterocycles. The van der Waals surface area contributed by atoms with Crippen LogP contribution in [0.25, 0.3) is 11.4 Å². The van der Waals surface area contributed by atoms with Gasteiger partial charge in [0.1, 0.15) is 17.2 Å². The van der Waals surface area contributed by atoms with Gasteiger partial charge in [-0.05, 0) is 17.2 Å². The molecule has 0 unspecified atom stereocenters. The summed E-state index contributed by atoms with van der Waals surface area (Å²) in [5.41, 5.74) is -1.08. The molecule has 0 amide bonds. The van der Waals surface area contributed by atoms with E-state index >= 15 is 0 Å². The van der Waals surface area contributed by atoms with Crippen LogP contribution in [0.15, 0.2) is 36.7 Å². The smallest absolute Gasteiger partial charge is 0.365 e. The molecule has 0 atom stereocenters. The molecule has 0 aliphatic rings. The molecule has 5 nitrogen and oxygen atoms in total. The van der Waals surface area contributed by atoms with Gasteiger partial charge in [0.05, 0.1) is 0 Å². The van der Waals surface area contributed by atoms with Gasteiger partial charge in [-0.1, -0.05) is 24.3 Å². The molecule has 1 N–H and O–H groups in total. The molecule has 0 fully saturated rings. The number of imidazole rings is 1. The Kier molecular flexibility index (Phi) is 5.44. The fraction of sp³-hybridized carbons (Fsp3) is 0.235. The predicted molar refractivity (Wildman–Crippen MR) is 93.0 cm³/mol. The highest BCUT2D eigenvalue weighted by atomic mass is 35.5. The highest BCUT2D eigenvalue weighted by Gasteiger charge is 2.35. The normalized spacial score (nSPS) is 12.3. The van der Waals surface area contributed by atoms with Crippen LogP contribution in [0.1, 0.15) is 16.8 Å². The molecular weight excluding hydrogens is 424 g/mol. The van der Waals surface area contributed by atoms with Crippen molar-refractivity contribution >= 4 is 17.4 Å². The van der Waals surface area contributed by atoms with Crippen LogP contribution in [-0.4, -0.2) is 19.5 Å². The molecule has 0 saturated heterocycles. The van der Waals surface area contributed by atoms with Crippen molar-refractivity contribution in [3.05, 3.63) is 58.8 Å². The molecule has 0 aliphatic carbocycles. The number of hydrogen-bond acceptors (Lipinski definition) is 4. The van der Waals surface area contributed by atoms with E-state index < -0.39 is 29.4 Å². The number of benzene rings is 1. The summed E-state index contributed by atoms with van der Waals surface area (Å²) in [6.07, 6.45) is -7.76. The van der Waals surface area contributed by atoms with Crippen molar-refractivity contribution in [2.75, 3.05) is 5.32 Å². The summed E-state index contributed by atoms with van der Waals surface area (Å²) in [4.78, 5) is 10.5. The van der Waals surface area contributed by atoms with Crippen LogP contribution in [0, 0.1) is 0 Å². The van der Waals surface area contributed by atoms with Crippen molar-refractivity contribution in [2.45, 2.75) is 18.9 Å². The van der Waals surface area contributed by atoms with Gasteiger partial charge in [-0.25, -0.2) is 15.0 Å². The number of alkyl halides is 6. The van der Waals surface area contributed by atoms with E-state index in [1.807, 2.05) is 0 Å². The zero-order chi connectivity index (χ0) is 21.4. The third-order valence-corrected chi connectivity index (χ3v) is 4.09. The Bertz CT molecular complexity index is 1010. The number of aryl methyl sites for hydroxylation is 1. The second-order valence-electron chi connectivity index (χ2n) is 6.01. The summed E-state index contributed by atoms with van der Waals surface area (Å²) in [6.45, 7) is -0.0227. The summed E-state index contributed by atoms with van der Waals surface area (Å²) in [5.74, 6) is -0.362. The Hall–Kier alpha value is -2.82. The van der Waals surface area contributed by atoms with Crippen LogP contribution in [0.5, 0.6) is 0 Å². The SMILES string of the molecule is Cn1cc(C(F)(F)F)nc1-c1ccc(CNc2nc(Cl)ncc2C(F)(F)F)cc1. The molecule has 1 aromatic carbocycles. The van der Waals surface area contributed by atoms with Gasteiger partial charge in [-0.15, -0.1) is 0 Å². The van der Waals surface area contributed by atoms with Crippen LogP contribution in [0.2, 0.25) is 5.28 Å². The lowest BCUT2D eigenvalue weighted by Gasteiger charge is -2.13. The van der Waals surface area contributed by atoms with E-state index in [2.05, 4.69) is 20.3 Å². The van der Waals surface area contributed by atoms with Gasteiger partial charge in [0, 0.05) is 31.5 Å². The topological polar surface area (TPSA) is 55.6 Å². The van der Waals surface area contributed by atoms with Gasteiger partial charge >= 0.3 is 12.4 Å². The van der Waals surface area contributed by atoms with Crippen LogP contribution < -0.4 is 5.32 Å². The van der Waals surface area contributed by atoms with E-state index in [0.717, 1.165) is 6.20 Å². The van der Waals surface area contributed by atoms with Crippen LogP contribution in [0.3, 0.4) is 0 Å². The molecule has 154 valence electrons. The van der Waals surface area contributed by atoms with E-state index in [-0.39, 0.29) is 17.7 Å². The average molecular weight is 436 g/mol. The molecule has 12 heteroatoms. The lowest BCUT2D eigenvalue weighted by atomic mass is 10.1. The Morgan fingerprint density at radius 1 is 1.00 bits per heavy atom. The zero-order valence-electron chi connectivity index (χ0n) is 14.6. The number of rotatable bonds is 4. The van der Waals surface area contributed by atoms with Crippen LogP contribution in [-0.2, 0) is 25.9 Å². The monoisotopic (exact) mass is 435 g/mol. The van der Waals surface area contributed by atoms with Crippen molar-refractivity contribution in [1.82, 2.24) is 19.5 Å². The first-order valence-corrected chi connectivity index (χ1v) is 8.36. The van der Waals surface area contributed by atoms with Gasteiger partial charge in [-0.3, -0.25) is 0 Å². The second-order valence-corrected chi connectivity index (χ2v) is 6.35. The van der Waals surface area contributed by atoms with Crippen LogP contribution in [0.4, 0.5) is 32.2 Å². The highest BCUT2D eigenvalue weighted by Crippen LogP contribution is 2.34. The number of hydrogen-bond donors (Lipinski definition) is 1. The lowest BCUT2D eigenvalue weighted by molar-refractivity contribution is -0.141. The second kappa shape index (κ2) is 7.54. The van der Waals surface area contributed by atoms with Gasteiger partial charge < -0.3 is 9.88 Å². The Morgan fingerprint density at radius 2 is 1.66 bits per heavy atom. The molecule has 0 spiro atoms. The van der Waals surface area contributed by atoms with Crippen molar-refractivity contribution in [3.63, 3.8) is 0 Å². The van der Waals surface area contributed by atoms with Crippen molar-refractivity contribution < 1.29 is 26.3 Å². The van der Waals surface area contributed by atoms with Gasteiger partial charge in [0.15, 0.2) is 5.69 Å². The van der Waals surface area contributed by atoms with Gasteiger partial charge in [0.2, 0.25) is 5.28 Å². The maximum atomic E-state index is 13.0. The summed E-state index contributed by atoms with van der Waals surface area (Å²) >= 11 is 5.57. The Labute approximate surface area is 165 Å². The van der Waals surface area contributed by atoms with E-state index in [0.29, 0.717) is 17.3 Å². The molecule has 29 heavy (non-hydrogen) atoms. The van der Waals surface area contributed by atoms with Crippen molar-refractivity contribution in [1.29, 1.82) is 0 Å². The van der Waals surface area contributed by atoms with E-state index in [1.165, 1.54) is 23.7 Å². The average Bonchev–Trinajstić information content (AvgIpc) is 3.01. The minimum absolute atomic E-state index is 0.0227. The third kappa shape index (κ3) is 4.78. The third-order valence-electron chi connectivity index (χ3n) is 3.90. The van der Waals surface area contributed by atoms with E-state index in [1.54, 1.807) is 12.1 Å². The molecule has 2 heterocycles. The summed E-state index contributed by atoms with van der Waals surface area (Å²) < 4.78 is 78.6. The summed E-state index contributed by atoms with van der Waals surface area (Å²) in [6, 6.07) is 6.16. The first-order valence-electron chi connectivity index (χ1n) is 7.98. The minimum atomic E-state index is -4.66. The molecule has 0 saturated carbocycles. The molecule has 0 bridgehead atoms. The largest absolute Gasteiger partial charge is 0.434 e. The fourth-order valence-electron chi connectivity index (χ4n) is 2.53. The molecule has 0 radical (unpaired) electrons. The van der Waals surface area contributed by atoms with Crippen molar-refractivity contribution in [3.8, 4) is 11.4 Å². The number of nitrogens with zero attached hydrogens (tertiary/aromatic N) is 4. The molecule has 3 aromatic rings. The van der Waals surface area contributed by atoms with Crippen molar-refractivity contribution in [2.24, 2.45) is 7.05 Å². The molecule has 0 aliphatic heterocycles. The lowest BCUT2D eigenvalue weighted by Crippen LogP contribution is -2.13. The molecule has 3 rings (SSSR count). The number of halogens is 7. The predicted octanol–water partition coefficient (Wildman–Crippen LogP) is 5.18. The van der Waals surface area contributed by atoms with Gasteiger partial charge in [-0.2, -0.15) is 26.3 Å². The Morgan fingerprint density at radius 3 is 2.21 bits per heavy atom. The Balaban J connectivity index is 1.78. The zero-order valence-corrected chi connectivity index (χ0v) is 15.4. The van der Waals surface area contributed by atoms with E-state index in [4.69, 9.17) is 11.6 Å². The summed E-state index contributed by atoms with van der Waals surface area (Å²) in [7, 11) is 1.44. The number of anilines is 1. The van der Waals surface area contributed by atoms with E-state index in [9.17, 15) is 26.3 Å². The summed E-state index contributed by atoms with van der Waals surface area (Å²) in [5, 5.41) is 2.20.